The van der Waals surface area contributed by atoms with E-state index in [1.165, 1.54) is 10.6 Å². The number of hydrogen-bond acceptors (Lipinski definition) is 6. The van der Waals surface area contributed by atoms with Gasteiger partial charge < -0.3 is 19.7 Å². The number of nitrogens with zero attached hydrogens (tertiary/aromatic N) is 3. The number of fused-ring (bicyclic) bond motifs is 4. The number of benzene rings is 1. The molecule has 1 amide bonds. The normalized spacial score (nSPS) is 20.4. The van der Waals surface area contributed by atoms with Crippen LogP contribution in [0.5, 0.6) is 5.75 Å². The fourth-order valence-corrected chi connectivity index (χ4v) is 6.65. The van der Waals surface area contributed by atoms with Crippen LogP contribution in [-0.4, -0.2) is 78.2 Å². The first kappa shape index (κ1) is 22.8. The van der Waals surface area contributed by atoms with Crippen LogP contribution in [0.15, 0.2) is 42.7 Å². The number of rotatable bonds is 4. The molecule has 1 aromatic carbocycles. The van der Waals surface area contributed by atoms with Crippen LogP contribution in [0.1, 0.15) is 40.5 Å². The van der Waals surface area contributed by atoms with Crippen LogP contribution in [0.25, 0.3) is 10.9 Å². The Balaban J connectivity index is 1.58. The largest absolute Gasteiger partial charge is 0.497 e. The van der Waals surface area contributed by atoms with Crippen molar-refractivity contribution in [2.45, 2.75) is 24.3 Å². The first-order valence-corrected chi connectivity index (χ1v) is 13.1. The van der Waals surface area contributed by atoms with E-state index in [0.29, 0.717) is 37.2 Å². The molecule has 0 radical (unpaired) electrons. The molecular weight excluding hydrogens is 456 g/mol. The zero-order valence-electron chi connectivity index (χ0n) is 19.2. The van der Waals surface area contributed by atoms with Crippen LogP contribution in [-0.2, 0) is 15.4 Å². The Morgan fingerprint density at radius 3 is 2.56 bits per heavy atom. The van der Waals surface area contributed by atoms with Gasteiger partial charge in [-0.2, -0.15) is 4.31 Å². The monoisotopic (exact) mass is 484 g/mol. The summed E-state index contributed by atoms with van der Waals surface area (Å²) in [7, 11) is -1.99. The molecule has 2 aliphatic rings. The fourth-order valence-electron chi connectivity index (χ4n) is 5.53. The highest BCUT2D eigenvalue weighted by molar-refractivity contribution is 7.88. The minimum absolute atomic E-state index is 0.0508. The maximum Gasteiger partial charge on any atom is 0.253 e. The summed E-state index contributed by atoms with van der Waals surface area (Å²) in [4.78, 5) is 22.2. The summed E-state index contributed by atoms with van der Waals surface area (Å²) in [5.74, 6) is 0.642. The third-order valence-corrected chi connectivity index (χ3v) is 8.47. The molecule has 0 unspecified atom stereocenters. The number of hydrogen-bond donors (Lipinski definition) is 2. The number of carbonyl (C=O) groups is 1. The van der Waals surface area contributed by atoms with E-state index in [2.05, 4.69) is 9.97 Å². The van der Waals surface area contributed by atoms with Crippen molar-refractivity contribution in [2.75, 3.05) is 39.6 Å². The predicted molar refractivity (Wildman–Crippen MR) is 127 cm³/mol. The Morgan fingerprint density at radius 2 is 1.94 bits per heavy atom. The lowest BCUT2D eigenvalue weighted by atomic mass is 9.69. The SMILES string of the molecule is COc1ccc2c3c([nH]c2c1)[C@H](CO)N(S(C)(=O)=O)CC31CCN(C(=O)c2ccncc2)CC1. The van der Waals surface area contributed by atoms with Gasteiger partial charge in [0.2, 0.25) is 10.0 Å². The summed E-state index contributed by atoms with van der Waals surface area (Å²) in [5.41, 5.74) is 2.71. The van der Waals surface area contributed by atoms with Crippen molar-refractivity contribution in [2.24, 2.45) is 0 Å². The number of aliphatic hydroxyl groups excluding tert-OH is 1. The molecule has 1 atom stereocenters. The zero-order valence-corrected chi connectivity index (χ0v) is 20.0. The highest BCUT2D eigenvalue weighted by Gasteiger charge is 2.50. The Kier molecular flexibility index (Phi) is 5.62. The molecule has 1 spiro atoms. The Hall–Kier alpha value is -2.95. The number of methoxy groups -OCH3 is 1. The second-order valence-corrected chi connectivity index (χ2v) is 11.1. The van der Waals surface area contributed by atoms with Crippen LogP contribution in [0.2, 0.25) is 0 Å². The second kappa shape index (κ2) is 8.37. The molecule has 0 aliphatic carbocycles. The molecule has 10 heteroatoms. The van der Waals surface area contributed by atoms with E-state index in [9.17, 15) is 18.3 Å². The average molecular weight is 485 g/mol. The lowest BCUT2D eigenvalue weighted by Crippen LogP contribution is -2.55. The summed E-state index contributed by atoms with van der Waals surface area (Å²) in [6, 6.07) is 8.49. The minimum Gasteiger partial charge on any atom is -0.497 e. The molecule has 0 bridgehead atoms. The number of ether oxygens (including phenoxy) is 1. The van der Waals surface area contributed by atoms with Crippen molar-refractivity contribution in [1.82, 2.24) is 19.2 Å². The standard InChI is InChI=1S/C24H28N4O5S/c1-33-17-3-4-18-19(13-17)26-22-20(14-29)28(34(2,31)32)15-24(21(18)22)7-11-27(12-8-24)23(30)16-5-9-25-10-6-16/h3-6,9-10,13,20,26,29H,7-8,11-12,14-15H2,1-2H3/t20-/m0/s1. The van der Waals surface area contributed by atoms with Crippen molar-refractivity contribution < 1.29 is 23.1 Å². The summed E-state index contributed by atoms with van der Waals surface area (Å²) in [5, 5.41) is 11.2. The Morgan fingerprint density at radius 1 is 1.24 bits per heavy atom. The number of sulfonamides is 1. The average Bonchev–Trinajstić information content (AvgIpc) is 3.23. The molecule has 1 fully saturated rings. The van der Waals surface area contributed by atoms with Crippen molar-refractivity contribution in [3.63, 3.8) is 0 Å². The van der Waals surface area contributed by atoms with Crippen LogP contribution in [0.3, 0.4) is 0 Å². The Labute approximate surface area is 198 Å². The van der Waals surface area contributed by atoms with Gasteiger partial charge in [-0.05, 0) is 42.7 Å². The quantitative estimate of drug-likeness (QED) is 0.586. The van der Waals surface area contributed by atoms with Crippen LogP contribution in [0.4, 0.5) is 0 Å². The number of pyridine rings is 1. The van der Waals surface area contributed by atoms with E-state index in [1.54, 1.807) is 31.6 Å². The van der Waals surface area contributed by atoms with Crippen LogP contribution < -0.4 is 4.74 Å². The number of nitrogens with one attached hydrogen (secondary N) is 1. The van der Waals surface area contributed by atoms with Gasteiger partial charge in [0.15, 0.2) is 0 Å². The summed E-state index contributed by atoms with van der Waals surface area (Å²) in [6.07, 6.45) is 5.61. The lowest BCUT2D eigenvalue weighted by molar-refractivity contribution is 0.0601. The second-order valence-electron chi connectivity index (χ2n) is 9.14. The van der Waals surface area contributed by atoms with E-state index in [4.69, 9.17) is 4.74 Å². The van der Waals surface area contributed by atoms with E-state index in [0.717, 1.165) is 22.2 Å². The maximum atomic E-state index is 13.0. The minimum atomic E-state index is -3.59. The molecule has 2 aromatic heterocycles. The fraction of sp³-hybridized carbons (Fsp3) is 0.417. The Bertz CT molecular complexity index is 1330. The molecule has 1 saturated heterocycles. The van der Waals surface area contributed by atoms with E-state index in [1.807, 2.05) is 23.1 Å². The number of likely N-dealkylation sites (tertiary alicyclic amines) is 1. The molecule has 9 nitrogen and oxygen atoms in total. The third-order valence-electron chi connectivity index (χ3n) is 7.24. The lowest BCUT2D eigenvalue weighted by Gasteiger charge is -2.49. The van der Waals surface area contributed by atoms with Crippen LogP contribution in [0, 0.1) is 0 Å². The van der Waals surface area contributed by atoms with Crippen LogP contribution >= 0.6 is 0 Å². The number of carbonyl (C=O) groups excluding carboxylic acids is 1. The van der Waals surface area contributed by atoms with Gasteiger partial charge in [-0.1, -0.05) is 0 Å². The topological polar surface area (TPSA) is 116 Å². The molecule has 5 rings (SSSR count). The van der Waals surface area contributed by atoms with Gasteiger partial charge in [0.05, 0.1) is 26.0 Å². The molecular formula is C24H28N4O5S. The maximum absolute atomic E-state index is 13.0. The smallest absolute Gasteiger partial charge is 0.253 e. The first-order chi connectivity index (χ1) is 16.3. The van der Waals surface area contributed by atoms with E-state index < -0.39 is 21.5 Å². The zero-order chi connectivity index (χ0) is 24.1. The third kappa shape index (κ3) is 3.66. The summed E-state index contributed by atoms with van der Waals surface area (Å²) in [6.45, 7) is 0.947. The van der Waals surface area contributed by atoms with Crippen molar-refractivity contribution >= 4 is 26.8 Å². The van der Waals surface area contributed by atoms with Crippen molar-refractivity contribution in [1.29, 1.82) is 0 Å². The van der Waals surface area contributed by atoms with Gasteiger partial charge >= 0.3 is 0 Å². The predicted octanol–water partition coefficient (Wildman–Crippen LogP) is 2.05. The van der Waals surface area contributed by atoms with Crippen molar-refractivity contribution in [3.8, 4) is 5.75 Å². The molecule has 4 heterocycles. The highest BCUT2D eigenvalue weighted by atomic mass is 32.2. The number of aliphatic hydroxyl groups is 1. The van der Waals surface area contributed by atoms with Crippen molar-refractivity contribution in [3.05, 3.63) is 59.5 Å². The number of aromatic amines is 1. The van der Waals surface area contributed by atoms with E-state index >= 15 is 0 Å². The molecule has 3 aromatic rings. The van der Waals surface area contributed by atoms with Gasteiger partial charge in [-0.25, -0.2) is 8.42 Å². The number of amides is 1. The van der Waals surface area contributed by atoms with Gasteiger partial charge in [0.1, 0.15) is 5.75 Å². The molecule has 34 heavy (non-hydrogen) atoms. The molecule has 0 saturated carbocycles. The number of piperidine rings is 1. The molecule has 2 aliphatic heterocycles. The number of H-pyrrole nitrogens is 1. The van der Waals surface area contributed by atoms with Gasteiger partial charge in [-0.3, -0.25) is 9.78 Å². The first-order valence-electron chi connectivity index (χ1n) is 11.2. The van der Waals surface area contributed by atoms with Gasteiger partial charge in [-0.15, -0.1) is 0 Å². The van der Waals surface area contributed by atoms with Gasteiger partial charge in [0, 0.05) is 65.7 Å². The summed E-state index contributed by atoms with van der Waals surface area (Å²) >= 11 is 0. The molecule has 2 N–H and O–H groups in total. The molecule has 180 valence electrons. The number of aromatic nitrogens is 2. The van der Waals surface area contributed by atoms with Gasteiger partial charge in [0.25, 0.3) is 5.91 Å². The van der Waals surface area contributed by atoms with E-state index in [-0.39, 0.29) is 19.1 Å². The summed E-state index contributed by atoms with van der Waals surface area (Å²) < 4.78 is 32.3. The highest BCUT2D eigenvalue weighted by Crippen LogP contribution is 2.49.